The van der Waals surface area contributed by atoms with Gasteiger partial charge in [-0.3, -0.25) is 9.59 Å². The lowest BCUT2D eigenvalue weighted by Gasteiger charge is -2.26. The van der Waals surface area contributed by atoms with Gasteiger partial charge in [0.2, 0.25) is 0 Å². The molecule has 1 heterocycles. The second kappa shape index (κ2) is 11.9. The van der Waals surface area contributed by atoms with Gasteiger partial charge in [-0.25, -0.2) is 0 Å². The third-order valence-electron chi connectivity index (χ3n) is 5.74. The summed E-state index contributed by atoms with van der Waals surface area (Å²) in [4.78, 5) is 27.9. The first-order chi connectivity index (χ1) is 17.2. The average molecular weight is 538 g/mol. The lowest BCUT2D eigenvalue weighted by Crippen LogP contribution is -2.31. The highest BCUT2D eigenvalue weighted by Crippen LogP contribution is 2.47. The number of rotatable bonds is 10. The highest BCUT2D eigenvalue weighted by atomic mass is 35.5. The lowest BCUT2D eigenvalue weighted by molar-refractivity contribution is -0.140. The number of ether oxygens (including phenoxy) is 4. The average Bonchev–Trinajstić information content (AvgIpc) is 3.11. The van der Waals surface area contributed by atoms with Crippen molar-refractivity contribution in [2.75, 3.05) is 34.5 Å². The van der Waals surface area contributed by atoms with E-state index < -0.39 is 23.5 Å². The molecule has 1 fully saturated rings. The molecule has 2 aromatic carbocycles. The molecule has 10 heteroatoms. The Kier molecular flexibility index (Phi) is 9.11. The van der Waals surface area contributed by atoms with Gasteiger partial charge in [0, 0.05) is 13.2 Å². The number of aliphatic hydroxyl groups is 1. The van der Waals surface area contributed by atoms with Crippen molar-refractivity contribution in [1.29, 1.82) is 0 Å². The van der Waals surface area contributed by atoms with Crippen molar-refractivity contribution >= 4 is 40.7 Å². The van der Waals surface area contributed by atoms with Crippen LogP contribution in [0.15, 0.2) is 35.9 Å². The molecule has 0 aromatic heterocycles. The molecule has 0 radical (unpaired) electrons. The van der Waals surface area contributed by atoms with Crippen LogP contribution in [0, 0.1) is 0 Å². The third kappa shape index (κ3) is 5.40. The number of methoxy groups -OCH3 is 3. The number of benzene rings is 2. The van der Waals surface area contributed by atoms with E-state index in [0.29, 0.717) is 24.3 Å². The fourth-order valence-electron chi connectivity index (χ4n) is 4.11. The Labute approximate surface area is 220 Å². The second-order valence-electron chi connectivity index (χ2n) is 8.33. The highest BCUT2D eigenvalue weighted by molar-refractivity contribution is 6.47. The third-order valence-corrected chi connectivity index (χ3v) is 6.36. The van der Waals surface area contributed by atoms with Crippen LogP contribution in [0.3, 0.4) is 0 Å². The molecule has 1 atom stereocenters. The number of ketones is 1. The summed E-state index contributed by atoms with van der Waals surface area (Å²) < 4.78 is 21.6. The van der Waals surface area contributed by atoms with E-state index in [1.807, 2.05) is 13.8 Å². The summed E-state index contributed by atoms with van der Waals surface area (Å²) in [6.07, 6.45) is 0.529. The van der Waals surface area contributed by atoms with E-state index in [4.69, 9.17) is 42.1 Å². The molecular weight excluding hydrogens is 509 g/mol. The Hall–Kier alpha value is -2.94. The van der Waals surface area contributed by atoms with Crippen LogP contribution in [0.1, 0.15) is 37.4 Å². The van der Waals surface area contributed by atoms with E-state index >= 15 is 0 Å². The van der Waals surface area contributed by atoms with Gasteiger partial charge in [0.15, 0.2) is 11.5 Å². The van der Waals surface area contributed by atoms with Crippen LogP contribution in [0.5, 0.6) is 17.2 Å². The fraction of sp³-hybridized carbons (Fsp3) is 0.385. The van der Waals surface area contributed by atoms with Gasteiger partial charge in [-0.2, -0.15) is 0 Å². The molecule has 0 saturated carbocycles. The zero-order valence-corrected chi connectivity index (χ0v) is 22.3. The van der Waals surface area contributed by atoms with Crippen molar-refractivity contribution < 1.29 is 33.6 Å². The Morgan fingerprint density at radius 1 is 1.06 bits per heavy atom. The minimum absolute atomic E-state index is 0.0204. The van der Waals surface area contributed by atoms with E-state index in [0.717, 1.165) is 0 Å². The van der Waals surface area contributed by atoms with Crippen LogP contribution in [-0.2, 0) is 14.3 Å². The Morgan fingerprint density at radius 2 is 1.75 bits per heavy atom. The predicted octanol–water partition coefficient (Wildman–Crippen LogP) is 5.26. The Bertz CT molecular complexity index is 1180. The monoisotopic (exact) mass is 537 g/mol. The van der Waals surface area contributed by atoms with Crippen LogP contribution in [-0.4, -0.2) is 62.3 Å². The molecule has 1 aliphatic heterocycles. The van der Waals surface area contributed by atoms with Gasteiger partial charge in [-0.05, 0) is 44.0 Å². The largest absolute Gasteiger partial charge is 0.507 e. The van der Waals surface area contributed by atoms with E-state index in [1.54, 1.807) is 24.3 Å². The smallest absolute Gasteiger partial charge is 0.295 e. The van der Waals surface area contributed by atoms with Crippen LogP contribution in [0.2, 0.25) is 10.0 Å². The highest BCUT2D eigenvalue weighted by Gasteiger charge is 2.46. The topological polar surface area (TPSA) is 94.5 Å². The number of hydrogen-bond donors (Lipinski definition) is 1. The number of carbonyl (C=O) groups is 2. The Balaban J connectivity index is 2.19. The SMILES string of the molecule is COc1cccc(C2/C(=C(\O)c3cc(Cl)c(OC)c(Cl)c3OC)C(=O)C(=O)N2CCCOC(C)C)c1. The summed E-state index contributed by atoms with van der Waals surface area (Å²) in [5.41, 5.74) is 0.528. The summed E-state index contributed by atoms with van der Waals surface area (Å²) in [7, 11) is 4.27. The number of likely N-dealkylation sites (tertiary alicyclic amines) is 1. The molecule has 0 spiro atoms. The van der Waals surface area contributed by atoms with Crippen molar-refractivity contribution in [2.24, 2.45) is 0 Å². The zero-order chi connectivity index (χ0) is 26.6. The van der Waals surface area contributed by atoms with E-state index in [2.05, 4.69) is 0 Å². The minimum Gasteiger partial charge on any atom is -0.507 e. The van der Waals surface area contributed by atoms with Gasteiger partial charge in [0.1, 0.15) is 16.5 Å². The maximum Gasteiger partial charge on any atom is 0.295 e. The van der Waals surface area contributed by atoms with Crippen molar-refractivity contribution in [3.05, 3.63) is 57.1 Å². The van der Waals surface area contributed by atoms with Crippen LogP contribution < -0.4 is 14.2 Å². The first-order valence-electron chi connectivity index (χ1n) is 11.3. The van der Waals surface area contributed by atoms with Gasteiger partial charge in [0.25, 0.3) is 11.7 Å². The molecule has 194 valence electrons. The lowest BCUT2D eigenvalue weighted by atomic mass is 9.94. The number of hydrogen-bond acceptors (Lipinski definition) is 7. The summed E-state index contributed by atoms with van der Waals surface area (Å²) in [5, 5.41) is 11.6. The molecule has 1 amide bonds. The fourth-order valence-corrected chi connectivity index (χ4v) is 4.80. The summed E-state index contributed by atoms with van der Waals surface area (Å²) >= 11 is 12.7. The minimum atomic E-state index is -0.886. The number of Topliss-reactive ketones (excluding diaryl/α,β-unsaturated/α-hetero) is 1. The van der Waals surface area contributed by atoms with Gasteiger partial charge < -0.3 is 29.0 Å². The molecule has 8 nitrogen and oxygen atoms in total. The number of halogens is 2. The van der Waals surface area contributed by atoms with E-state index in [-0.39, 0.29) is 45.3 Å². The molecule has 1 aliphatic rings. The molecule has 1 N–H and O–H groups in total. The van der Waals surface area contributed by atoms with Crippen molar-refractivity contribution in [1.82, 2.24) is 4.90 Å². The maximum absolute atomic E-state index is 13.3. The summed E-state index contributed by atoms with van der Waals surface area (Å²) in [6.45, 7) is 4.47. The van der Waals surface area contributed by atoms with Gasteiger partial charge >= 0.3 is 0 Å². The van der Waals surface area contributed by atoms with Crippen molar-refractivity contribution in [2.45, 2.75) is 32.4 Å². The summed E-state index contributed by atoms with van der Waals surface area (Å²) in [6, 6.07) is 7.47. The van der Waals surface area contributed by atoms with Crippen molar-refractivity contribution in [3.8, 4) is 17.2 Å². The van der Waals surface area contributed by atoms with Crippen molar-refractivity contribution in [3.63, 3.8) is 0 Å². The number of nitrogens with zero attached hydrogens (tertiary/aromatic N) is 1. The quantitative estimate of drug-likeness (QED) is 0.191. The van der Waals surface area contributed by atoms with Crippen LogP contribution in [0.4, 0.5) is 0 Å². The van der Waals surface area contributed by atoms with E-state index in [9.17, 15) is 14.7 Å². The first kappa shape index (κ1) is 27.6. The summed E-state index contributed by atoms with van der Waals surface area (Å²) in [5.74, 6) is -1.30. The van der Waals surface area contributed by atoms with Crippen LogP contribution in [0.25, 0.3) is 5.76 Å². The normalized spacial score (nSPS) is 17.1. The predicted molar refractivity (Wildman–Crippen MR) is 137 cm³/mol. The second-order valence-corrected chi connectivity index (χ2v) is 9.11. The molecular formula is C26H29Cl2NO7. The van der Waals surface area contributed by atoms with E-state index in [1.165, 1.54) is 32.3 Å². The number of aliphatic hydroxyl groups excluding tert-OH is 1. The number of amides is 1. The zero-order valence-electron chi connectivity index (χ0n) is 20.8. The molecule has 36 heavy (non-hydrogen) atoms. The standard InChI is InChI=1S/C26H29Cl2NO7/c1-14(2)36-11-7-10-29-21(15-8-6-9-16(12-15)33-3)19(23(31)26(29)32)22(30)17-13-18(27)25(35-5)20(28)24(17)34-4/h6,8-9,12-14,21,30H,7,10-11H2,1-5H3/b22-19+. The molecule has 1 saturated heterocycles. The first-order valence-corrected chi connectivity index (χ1v) is 12.1. The van der Waals surface area contributed by atoms with Gasteiger partial charge in [-0.1, -0.05) is 35.3 Å². The number of carbonyl (C=O) groups excluding carboxylic acids is 2. The van der Waals surface area contributed by atoms with Crippen LogP contribution >= 0.6 is 23.2 Å². The molecule has 0 bridgehead atoms. The molecule has 0 aliphatic carbocycles. The maximum atomic E-state index is 13.3. The Morgan fingerprint density at radius 3 is 2.36 bits per heavy atom. The molecule has 2 aromatic rings. The molecule has 1 unspecified atom stereocenters. The molecule has 3 rings (SSSR count). The van der Waals surface area contributed by atoms with Gasteiger partial charge in [0.05, 0.1) is 49.6 Å². The van der Waals surface area contributed by atoms with Gasteiger partial charge in [-0.15, -0.1) is 0 Å².